The highest BCUT2D eigenvalue weighted by Crippen LogP contribution is 2.40. The molecule has 7 aromatic carbocycles. The van der Waals surface area contributed by atoms with E-state index in [0.29, 0.717) is 0 Å². The van der Waals surface area contributed by atoms with Gasteiger partial charge in [-0.05, 0) is 91.9 Å². The molecule has 0 aromatic heterocycles. The van der Waals surface area contributed by atoms with E-state index in [-0.39, 0.29) is 0 Å². The Morgan fingerprint density at radius 2 is 0.795 bits per heavy atom. The highest BCUT2D eigenvalue weighted by molar-refractivity contribution is 7.70. The zero-order valence-electron chi connectivity index (χ0n) is 24.9. The molecule has 0 fully saturated rings. The fourth-order valence-electron chi connectivity index (χ4n) is 6.12. The molecule has 212 valence electrons. The first-order chi connectivity index (χ1) is 21.5. The molecule has 0 saturated carbocycles. The maximum absolute atomic E-state index is 12.6. The van der Waals surface area contributed by atoms with Gasteiger partial charge in [-0.2, -0.15) is 0 Å². The summed E-state index contributed by atoms with van der Waals surface area (Å²) < 4.78 is 12.6. The van der Waals surface area contributed by atoms with Gasteiger partial charge in [0.15, 0.2) is 0 Å². The Morgan fingerprint density at radius 3 is 1.41 bits per heavy atom. The van der Waals surface area contributed by atoms with Crippen molar-refractivity contribution in [2.75, 3.05) is 13.3 Å². The molecular weight excluding hydrogens is 551 g/mol. The van der Waals surface area contributed by atoms with Crippen molar-refractivity contribution in [1.82, 2.24) is 0 Å². The monoisotopic (exact) mass is 584 g/mol. The molecule has 0 amide bonds. The van der Waals surface area contributed by atoms with Crippen LogP contribution in [0.25, 0.3) is 66.4 Å². The van der Waals surface area contributed by atoms with Gasteiger partial charge in [0, 0.05) is 5.30 Å². The van der Waals surface area contributed by atoms with E-state index in [4.69, 9.17) is 0 Å². The summed E-state index contributed by atoms with van der Waals surface area (Å²) in [4.78, 5) is 0. The fraction of sp³-hybridized carbons (Fsp3) is 0.0476. The molecule has 0 atom stereocenters. The predicted octanol–water partition coefficient (Wildman–Crippen LogP) is 11.4. The first-order valence-electron chi connectivity index (χ1n) is 15.0. The first kappa shape index (κ1) is 27.8. The molecule has 0 aliphatic carbocycles. The lowest BCUT2D eigenvalue weighted by Crippen LogP contribution is -2.01. The molecule has 0 N–H and O–H groups in total. The van der Waals surface area contributed by atoms with Crippen LogP contribution in [0.3, 0.4) is 0 Å². The van der Waals surface area contributed by atoms with Crippen LogP contribution in [0.15, 0.2) is 164 Å². The average Bonchev–Trinajstić information content (AvgIpc) is 3.08. The third-order valence-electron chi connectivity index (χ3n) is 8.42. The van der Waals surface area contributed by atoms with Gasteiger partial charge in [-0.15, -0.1) is 0 Å². The summed E-state index contributed by atoms with van der Waals surface area (Å²) in [5, 5.41) is 3.33. The van der Waals surface area contributed by atoms with Crippen molar-refractivity contribution in [2.24, 2.45) is 0 Å². The lowest BCUT2D eigenvalue weighted by molar-refractivity contribution is 0.588. The lowest BCUT2D eigenvalue weighted by atomic mass is 9.88. The highest BCUT2D eigenvalue weighted by Gasteiger charge is 2.15. The Hall–Kier alpha value is -4.97. The van der Waals surface area contributed by atoms with Crippen LogP contribution >= 0.6 is 7.14 Å². The van der Waals surface area contributed by atoms with E-state index in [1.807, 2.05) is 25.5 Å². The van der Waals surface area contributed by atoms with Crippen molar-refractivity contribution in [3.63, 3.8) is 0 Å². The van der Waals surface area contributed by atoms with Crippen molar-refractivity contribution in [3.8, 4) is 55.6 Å². The molecule has 0 radical (unpaired) electrons. The van der Waals surface area contributed by atoms with E-state index in [0.717, 1.165) is 10.9 Å². The Morgan fingerprint density at radius 1 is 0.341 bits per heavy atom. The van der Waals surface area contributed by atoms with Gasteiger partial charge in [-0.3, -0.25) is 0 Å². The predicted molar refractivity (Wildman–Crippen MR) is 190 cm³/mol. The van der Waals surface area contributed by atoms with Gasteiger partial charge in [-0.1, -0.05) is 152 Å². The zero-order valence-corrected chi connectivity index (χ0v) is 25.8. The molecule has 0 saturated heterocycles. The molecule has 44 heavy (non-hydrogen) atoms. The Balaban J connectivity index is 1.34. The van der Waals surface area contributed by atoms with Gasteiger partial charge >= 0.3 is 0 Å². The molecule has 0 spiro atoms. The minimum Gasteiger partial charge on any atom is -0.319 e. The van der Waals surface area contributed by atoms with Crippen molar-refractivity contribution < 1.29 is 4.57 Å². The number of fused-ring (bicyclic) bond motifs is 1. The summed E-state index contributed by atoms with van der Waals surface area (Å²) in [7, 11) is -2.30. The molecule has 0 heterocycles. The van der Waals surface area contributed by atoms with Gasteiger partial charge in [0.1, 0.15) is 7.14 Å². The SMILES string of the molecule is CP(C)(=O)c1ccc(-c2ccc(-c3cccc(-c4ccc(-c5ccccc5)cc4-c4ccccc4)c3)c3ccccc23)cc1. The van der Waals surface area contributed by atoms with Crippen molar-refractivity contribution >= 4 is 23.2 Å². The van der Waals surface area contributed by atoms with Gasteiger partial charge in [0.25, 0.3) is 0 Å². The van der Waals surface area contributed by atoms with Gasteiger partial charge < -0.3 is 4.57 Å². The third kappa shape index (κ3) is 5.44. The molecule has 7 rings (SSSR count). The minimum absolute atomic E-state index is 0.908. The molecule has 0 aliphatic heterocycles. The molecular formula is C42H33OP. The van der Waals surface area contributed by atoms with Gasteiger partial charge in [0.05, 0.1) is 0 Å². The van der Waals surface area contributed by atoms with E-state index in [1.165, 1.54) is 60.8 Å². The van der Waals surface area contributed by atoms with E-state index in [9.17, 15) is 4.57 Å². The zero-order chi connectivity index (χ0) is 30.1. The summed E-state index contributed by atoms with van der Waals surface area (Å²) in [6.45, 7) is 3.64. The number of rotatable bonds is 6. The van der Waals surface area contributed by atoms with E-state index in [1.54, 1.807) is 0 Å². The van der Waals surface area contributed by atoms with E-state index >= 15 is 0 Å². The summed E-state index contributed by atoms with van der Waals surface area (Å²) >= 11 is 0. The molecule has 2 heteroatoms. The van der Waals surface area contributed by atoms with Gasteiger partial charge in [-0.25, -0.2) is 0 Å². The number of hydrogen-bond acceptors (Lipinski definition) is 1. The van der Waals surface area contributed by atoms with Crippen LogP contribution in [0.5, 0.6) is 0 Å². The van der Waals surface area contributed by atoms with Crippen LogP contribution in [0.4, 0.5) is 0 Å². The van der Waals surface area contributed by atoms with Crippen LogP contribution in [-0.4, -0.2) is 13.3 Å². The topological polar surface area (TPSA) is 17.1 Å². The second-order valence-corrected chi connectivity index (χ2v) is 14.9. The maximum atomic E-state index is 12.6. The minimum atomic E-state index is -2.30. The molecule has 0 aliphatic rings. The number of hydrogen-bond donors (Lipinski definition) is 0. The van der Waals surface area contributed by atoms with Crippen LogP contribution in [0.2, 0.25) is 0 Å². The molecule has 0 bridgehead atoms. The summed E-state index contributed by atoms with van der Waals surface area (Å²) in [5.41, 5.74) is 11.9. The highest BCUT2D eigenvalue weighted by atomic mass is 31.2. The number of benzene rings is 7. The molecule has 0 unspecified atom stereocenters. The smallest absolute Gasteiger partial charge is 0.109 e. The van der Waals surface area contributed by atoms with Crippen molar-refractivity contribution in [1.29, 1.82) is 0 Å². The Bertz CT molecular complexity index is 2140. The van der Waals surface area contributed by atoms with E-state index in [2.05, 4.69) is 152 Å². The van der Waals surface area contributed by atoms with Crippen LogP contribution in [0, 0.1) is 0 Å². The summed E-state index contributed by atoms with van der Waals surface area (Å²) in [6, 6.07) is 58.3. The second-order valence-electron chi connectivity index (χ2n) is 11.7. The van der Waals surface area contributed by atoms with E-state index < -0.39 is 7.14 Å². The van der Waals surface area contributed by atoms with Crippen molar-refractivity contribution in [2.45, 2.75) is 0 Å². The molecule has 1 nitrogen and oxygen atoms in total. The standard InChI is InChI=1S/C42H33OP/c1-44(2,43)36-23-20-32(21-24-36)37-26-27-38(41-19-10-9-18-40(37)41)34-16-11-17-35(28-34)39-25-22-33(30-12-5-3-6-13-30)29-42(39)31-14-7-4-8-15-31/h3-29H,1-2H3. The first-order valence-corrected chi connectivity index (χ1v) is 17.6. The largest absolute Gasteiger partial charge is 0.319 e. The van der Waals surface area contributed by atoms with Crippen LogP contribution < -0.4 is 5.30 Å². The quantitative estimate of drug-likeness (QED) is 0.178. The normalized spacial score (nSPS) is 11.5. The molecule has 7 aromatic rings. The van der Waals surface area contributed by atoms with Crippen LogP contribution in [-0.2, 0) is 4.57 Å². The lowest BCUT2D eigenvalue weighted by Gasteiger charge is -2.16. The van der Waals surface area contributed by atoms with Crippen molar-refractivity contribution in [3.05, 3.63) is 164 Å². The fourth-order valence-corrected chi connectivity index (χ4v) is 6.99. The third-order valence-corrected chi connectivity index (χ3v) is 9.96. The summed E-state index contributed by atoms with van der Waals surface area (Å²) in [5.74, 6) is 0. The Kier molecular flexibility index (Phi) is 7.34. The Labute approximate surface area is 259 Å². The van der Waals surface area contributed by atoms with Crippen LogP contribution in [0.1, 0.15) is 0 Å². The average molecular weight is 585 g/mol. The maximum Gasteiger partial charge on any atom is 0.109 e. The van der Waals surface area contributed by atoms with Gasteiger partial charge in [0.2, 0.25) is 0 Å². The second kappa shape index (κ2) is 11.6. The summed E-state index contributed by atoms with van der Waals surface area (Å²) in [6.07, 6.45) is 0.